The van der Waals surface area contributed by atoms with Crippen molar-refractivity contribution < 1.29 is 4.74 Å². The second kappa shape index (κ2) is 9.34. The van der Waals surface area contributed by atoms with E-state index in [0.717, 1.165) is 38.6 Å². The van der Waals surface area contributed by atoms with Crippen molar-refractivity contribution >= 4 is 5.96 Å². The van der Waals surface area contributed by atoms with E-state index in [-0.39, 0.29) is 5.54 Å². The molecule has 1 N–H and O–H groups in total. The number of guanidine groups is 1. The number of piperidine rings is 1. The minimum absolute atomic E-state index is 0.264. The van der Waals surface area contributed by atoms with Crippen LogP contribution in [0.15, 0.2) is 4.99 Å². The number of hydrogen-bond donors (Lipinski definition) is 1. The summed E-state index contributed by atoms with van der Waals surface area (Å²) in [5.74, 6) is 1.15. The quantitative estimate of drug-likeness (QED) is 0.590. The van der Waals surface area contributed by atoms with Crippen LogP contribution in [0.2, 0.25) is 0 Å². The van der Waals surface area contributed by atoms with Crippen LogP contribution in [0.3, 0.4) is 0 Å². The van der Waals surface area contributed by atoms with Gasteiger partial charge in [-0.1, -0.05) is 25.7 Å². The van der Waals surface area contributed by atoms with Crippen LogP contribution in [-0.4, -0.2) is 74.3 Å². The van der Waals surface area contributed by atoms with Gasteiger partial charge in [-0.15, -0.1) is 0 Å². The molecule has 5 heteroatoms. The topological polar surface area (TPSA) is 40.1 Å². The normalized spacial score (nSPS) is 29.0. The fraction of sp³-hybridized carbons (Fsp3) is 0.957. The number of nitrogens with one attached hydrogen (secondary N) is 1. The van der Waals surface area contributed by atoms with E-state index in [9.17, 15) is 0 Å². The van der Waals surface area contributed by atoms with Gasteiger partial charge in [-0.3, -0.25) is 9.89 Å². The first-order chi connectivity index (χ1) is 13.8. The maximum absolute atomic E-state index is 5.73. The van der Waals surface area contributed by atoms with Crippen LogP contribution in [0.5, 0.6) is 0 Å². The highest BCUT2D eigenvalue weighted by atomic mass is 16.5. The molecule has 1 aliphatic carbocycles. The summed E-state index contributed by atoms with van der Waals surface area (Å²) in [5, 5.41) is 3.84. The van der Waals surface area contributed by atoms with Crippen LogP contribution >= 0.6 is 0 Å². The van der Waals surface area contributed by atoms with Gasteiger partial charge in [-0.25, -0.2) is 0 Å². The lowest BCUT2D eigenvalue weighted by atomic mass is 9.74. The Hall–Kier alpha value is -0.810. The number of likely N-dealkylation sites (tertiary alicyclic amines) is 2. The summed E-state index contributed by atoms with van der Waals surface area (Å²) in [4.78, 5) is 10.1. The first-order valence-electron chi connectivity index (χ1n) is 12.0. The Balaban J connectivity index is 1.40. The van der Waals surface area contributed by atoms with E-state index in [1.165, 1.54) is 90.4 Å². The molecule has 0 amide bonds. The summed E-state index contributed by atoms with van der Waals surface area (Å²) < 4.78 is 5.73. The van der Waals surface area contributed by atoms with E-state index in [0.29, 0.717) is 5.41 Å². The van der Waals surface area contributed by atoms with E-state index in [2.05, 4.69) is 15.1 Å². The highest BCUT2D eigenvalue weighted by Crippen LogP contribution is 2.42. The van der Waals surface area contributed by atoms with Gasteiger partial charge in [0, 0.05) is 45.4 Å². The van der Waals surface area contributed by atoms with E-state index in [1.54, 1.807) is 0 Å². The maximum atomic E-state index is 5.73. The third-order valence-electron chi connectivity index (χ3n) is 8.11. The van der Waals surface area contributed by atoms with Gasteiger partial charge in [0.05, 0.1) is 0 Å². The average Bonchev–Trinajstić information content (AvgIpc) is 3.19. The molecule has 4 aliphatic rings. The molecule has 0 aromatic rings. The summed E-state index contributed by atoms with van der Waals surface area (Å²) in [7, 11) is 1.98. The molecule has 5 nitrogen and oxygen atoms in total. The third kappa shape index (κ3) is 4.51. The van der Waals surface area contributed by atoms with Gasteiger partial charge in [-0.2, -0.15) is 0 Å². The molecule has 0 aromatic heterocycles. The van der Waals surface area contributed by atoms with Crippen LogP contribution in [0.25, 0.3) is 0 Å². The molecule has 1 spiro atoms. The second-order valence-electron chi connectivity index (χ2n) is 9.87. The van der Waals surface area contributed by atoms with Crippen molar-refractivity contribution in [3.8, 4) is 0 Å². The summed E-state index contributed by atoms with van der Waals surface area (Å²) in [6.45, 7) is 7.73. The van der Waals surface area contributed by atoms with Crippen molar-refractivity contribution in [2.45, 2.75) is 82.6 Å². The molecule has 160 valence electrons. The van der Waals surface area contributed by atoms with Crippen molar-refractivity contribution in [3.63, 3.8) is 0 Å². The molecule has 28 heavy (non-hydrogen) atoms. The Morgan fingerprint density at radius 3 is 2.21 bits per heavy atom. The Kier molecular flexibility index (Phi) is 6.82. The van der Waals surface area contributed by atoms with Crippen molar-refractivity contribution in [3.05, 3.63) is 0 Å². The molecule has 4 rings (SSSR count). The van der Waals surface area contributed by atoms with Crippen molar-refractivity contribution in [2.75, 3.05) is 53.0 Å². The van der Waals surface area contributed by atoms with Crippen LogP contribution in [0, 0.1) is 5.41 Å². The van der Waals surface area contributed by atoms with E-state index in [4.69, 9.17) is 9.73 Å². The van der Waals surface area contributed by atoms with Gasteiger partial charge in [0.1, 0.15) is 0 Å². The minimum atomic E-state index is 0.264. The van der Waals surface area contributed by atoms with E-state index in [1.807, 2.05) is 7.05 Å². The van der Waals surface area contributed by atoms with Crippen LogP contribution in [0.1, 0.15) is 77.0 Å². The molecule has 1 saturated carbocycles. The lowest BCUT2D eigenvalue weighted by Crippen LogP contribution is -2.60. The third-order valence-corrected chi connectivity index (χ3v) is 8.11. The zero-order valence-corrected chi connectivity index (χ0v) is 18.2. The van der Waals surface area contributed by atoms with E-state index < -0.39 is 0 Å². The number of nitrogens with zero attached hydrogens (tertiary/aromatic N) is 3. The van der Waals surface area contributed by atoms with Gasteiger partial charge in [0.15, 0.2) is 5.96 Å². The fourth-order valence-electron chi connectivity index (χ4n) is 6.40. The second-order valence-corrected chi connectivity index (χ2v) is 9.87. The molecular formula is C23H42N4O. The molecule has 3 saturated heterocycles. The van der Waals surface area contributed by atoms with Crippen LogP contribution in [-0.2, 0) is 4.74 Å². The summed E-state index contributed by atoms with van der Waals surface area (Å²) in [6, 6.07) is 0. The largest absolute Gasteiger partial charge is 0.381 e. The average molecular weight is 391 g/mol. The van der Waals surface area contributed by atoms with Gasteiger partial charge >= 0.3 is 0 Å². The summed E-state index contributed by atoms with van der Waals surface area (Å²) in [6.07, 6.45) is 16.4. The van der Waals surface area contributed by atoms with Gasteiger partial charge in [0.2, 0.25) is 0 Å². The number of rotatable bonds is 3. The predicted molar refractivity (Wildman–Crippen MR) is 116 cm³/mol. The fourth-order valence-corrected chi connectivity index (χ4v) is 6.40. The molecule has 0 unspecified atom stereocenters. The first kappa shape index (κ1) is 20.5. The number of ether oxygens (including phenoxy) is 1. The SMILES string of the molecule is CN=C(NCC1(N2CCCC2)CCOCC1)N1CCCC2(CCCCCC2)C1. The number of aliphatic imine (C=N–C) groups is 1. The van der Waals surface area contributed by atoms with Gasteiger partial charge in [-0.05, 0) is 69.9 Å². The molecule has 0 bridgehead atoms. The smallest absolute Gasteiger partial charge is 0.193 e. The molecule has 4 fully saturated rings. The van der Waals surface area contributed by atoms with Gasteiger partial charge in [0.25, 0.3) is 0 Å². The minimum Gasteiger partial charge on any atom is -0.381 e. The Morgan fingerprint density at radius 1 is 0.857 bits per heavy atom. The van der Waals surface area contributed by atoms with Crippen LogP contribution in [0.4, 0.5) is 0 Å². The highest BCUT2D eigenvalue weighted by Gasteiger charge is 2.41. The zero-order chi connectivity index (χ0) is 19.3. The van der Waals surface area contributed by atoms with Crippen molar-refractivity contribution in [1.82, 2.24) is 15.1 Å². The Bertz CT molecular complexity index is 515. The number of hydrogen-bond acceptors (Lipinski definition) is 3. The zero-order valence-electron chi connectivity index (χ0n) is 18.2. The van der Waals surface area contributed by atoms with Crippen molar-refractivity contribution in [1.29, 1.82) is 0 Å². The lowest BCUT2D eigenvalue weighted by Gasteiger charge is -2.47. The molecule has 0 atom stereocenters. The Morgan fingerprint density at radius 2 is 1.54 bits per heavy atom. The predicted octanol–water partition coefficient (Wildman–Crippen LogP) is 3.64. The molecule has 3 aliphatic heterocycles. The molecule has 3 heterocycles. The first-order valence-corrected chi connectivity index (χ1v) is 12.0. The Labute approximate surface area is 172 Å². The standard InChI is InChI=1S/C23H42N4O/c1-24-21(26-14-8-11-22(20-26)9-4-2-3-5-10-22)25-19-23(12-17-28-18-13-23)27-15-6-7-16-27/h2-20H2,1H3,(H,24,25). The molecular weight excluding hydrogens is 348 g/mol. The lowest BCUT2D eigenvalue weighted by molar-refractivity contribution is -0.0168. The molecule has 0 radical (unpaired) electrons. The molecule has 0 aromatic carbocycles. The van der Waals surface area contributed by atoms with Crippen molar-refractivity contribution in [2.24, 2.45) is 10.4 Å². The van der Waals surface area contributed by atoms with E-state index >= 15 is 0 Å². The monoisotopic (exact) mass is 390 g/mol. The highest BCUT2D eigenvalue weighted by molar-refractivity contribution is 5.80. The summed E-state index contributed by atoms with van der Waals surface area (Å²) >= 11 is 0. The summed E-state index contributed by atoms with van der Waals surface area (Å²) in [5.41, 5.74) is 0.818. The van der Waals surface area contributed by atoms with Crippen LogP contribution < -0.4 is 5.32 Å². The maximum Gasteiger partial charge on any atom is 0.193 e. The van der Waals surface area contributed by atoms with Gasteiger partial charge < -0.3 is 15.0 Å².